The second-order valence-electron chi connectivity index (χ2n) is 8.97. The minimum absolute atomic E-state index is 0.107. The normalized spacial score (nSPS) is 13.6. The molecule has 3 heterocycles. The van der Waals surface area contributed by atoms with Crippen LogP contribution in [0.2, 0.25) is 5.02 Å². The molecule has 8 nitrogen and oxygen atoms in total. The van der Waals surface area contributed by atoms with E-state index in [0.717, 1.165) is 11.1 Å². The lowest BCUT2D eigenvalue weighted by molar-refractivity contribution is 0.0687. The van der Waals surface area contributed by atoms with Gasteiger partial charge in [-0.2, -0.15) is 0 Å². The molecular weight excluding hydrogens is 485 g/mol. The number of anilines is 1. The Morgan fingerprint density at radius 3 is 2.42 bits per heavy atom. The highest BCUT2D eigenvalue weighted by Crippen LogP contribution is 2.36. The number of fused-ring (bicyclic) bond motifs is 1. The Balaban J connectivity index is 1.75. The van der Waals surface area contributed by atoms with Gasteiger partial charge in [0.25, 0.3) is 0 Å². The highest BCUT2D eigenvalue weighted by molar-refractivity contribution is 6.34. The summed E-state index contributed by atoms with van der Waals surface area (Å²) in [6, 6.07) is 7.61. The fourth-order valence-corrected chi connectivity index (χ4v) is 4.03. The van der Waals surface area contributed by atoms with Crippen molar-refractivity contribution in [2.24, 2.45) is 0 Å². The van der Waals surface area contributed by atoms with E-state index in [1.54, 1.807) is 26.2 Å². The van der Waals surface area contributed by atoms with Gasteiger partial charge in [0, 0.05) is 29.5 Å². The van der Waals surface area contributed by atoms with E-state index in [-0.39, 0.29) is 11.4 Å². The van der Waals surface area contributed by atoms with Crippen molar-refractivity contribution in [1.29, 1.82) is 0 Å². The number of pyridine rings is 2. The van der Waals surface area contributed by atoms with Gasteiger partial charge >= 0.3 is 0 Å². The fraction of sp³-hybridized carbons (Fsp3) is 0.308. The van der Waals surface area contributed by atoms with Gasteiger partial charge in [-0.25, -0.2) is 19.3 Å². The largest absolute Gasteiger partial charge is 0.393 e. The lowest BCUT2D eigenvalue weighted by atomic mass is 10.0. The van der Waals surface area contributed by atoms with Crippen LogP contribution in [0.25, 0.3) is 22.0 Å². The summed E-state index contributed by atoms with van der Waals surface area (Å²) < 4.78 is 14.8. The Kier molecular flexibility index (Phi) is 7.46. The number of nitrogens with zero attached hydrogens (tertiary/aromatic N) is 4. The molecule has 0 saturated heterocycles. The summed E-state index contributed by atoms with van der Waals surface area (Å²) in [5.74, 6) is -0.226. The van der Waals surface area contributed by atoms with Crippen LogP contribution in [0.1, 0.15) is 56.6 Å². The van der Waals surface area contributed by atoms with Crippen LogP contribution in [0.5, 0.6) is 0 Å². The molecule has 0 saturated carbocycles. The first-order chi connectivity index (χ1) is 17.1. The van der Waals surface area contributed by atoms with Crippen molar-refractivity contribution < 1.29 is 19.7 Å². The number of aromatic nitrogens is 4. The Bertz CT molecular complexity index is 1380. The van der Waals surface area contributed by atoms with E-state index in [4.69, 9.17) is 11.6 Å². The molecule has 2 unspecified atom stereocenters. The molecule has 0 aliphatic heterocycles. The SMILES string of the molecule is CCC(Nc1c(Cl)cnc2ccc(-c3cnc(C(C)(C)O)nc3)cc12)c1nc(C(O)CO)ccc1F. The van der Waals surface area contributed by atoms with E-state index in [0.29, 0.717) is 33.9 Å². The Hall–Kier alpha value is -3.24. The number of rotatable bonds is 8. The molecule has 0 aliphatic rings. The number of halogens is 2. The molecular formula is C26H27ClFN5O3. The van der Waals surface area contributed by atoms with Crippen LogP contribution < -0.4 is 5.32 Å². The smallest absolute Gasteiger partial charge is 0.159 e. The first-order valence-electron chi connectivity index (χ1n) is 11.5. The van der Waals surface area contributed by atoms with E-state index < -0.39 is 30.2 Å². The summed E-state index contributed by atoms with van der Waals surface area (Å²) >= 11 is 6.54. The van der Waals surface area contributed by atoms with Gasteiger partial charge in [0.2, 0.25) is 0 Å². The maximum atomic E-state index is 14.8. The molecule has 0 radical (unpaired) electrons. The first kappa shape index (κ1) is 25.8. The molecule has 0 bridgehead atoms. The van der Waals surface area contributed by atoms with E-state index in [2.05, 4.69) is 25.3 Å². The number of hydrogen-bond acceptors (Lipinski definition) is 8. The van der Waals surface area contributed by atoms with Crippen LogP contribution in [-0.4, -0.2) is 41.9 Å². The van der Waals surface area contributed by atoms with E-state index >= 15 is 0 Å². The Morgan fingerprint density at radius 1 is 1.06 bits per heavy atom. The third kappa shape index (κ3) is 5.29. The average Bonchev–Trinajstić information content (AvgIpc) is 2.87. The van der Waals surface area contributed by atoms with Crippen molar-refractivity contribution in [3.05, 3.63) is 77.0 Å². The third-order valence-electron chi connectivity index (χ3n) is 5.82. The van der Waals surface area contributed by atoms with Crippen LogP contribution in [0.3, 0.4) is 0 Å². The van der Waals surface area contributed by atoms with Gasteiger partial charge in [0.05, 0.1) is 40.3 Å². The molecule has 3 aromatic heterocycles. The number of hydrogen-bond donors (Lipinski definition) is 4. The quantitative estimate of drug-likeness (QED) is 0.268. The molecule has 0 fully saturated rings. The van der Waals surface area contributed by atoms with Crippen LogP contribution in [-0.2, 0) is 5.60 Å². The summed E-state index contributed by atoms with van der Waals surface area (Å²) in [6.45, 7) is 4.59. The molecule has 0 amide bonds. The van der Waals surface area contributed by atoms with E-state index in [1.807, 2.05) is 25.1 Å². The van der Waals surface area contributed by atoms with Crippen LogP contribution in [0, 0.1) is 5.82 Å². The second-order valence-corrected chi connectivity index (χ2v) is 9.38. The van der Waals surface area contributed by atoms with E-state index in [9.17, 15) is 19.7 Å². The maximum Gasteiger partial charge on any atom is 0.159 e. The van der Waals surface area contributed by atoms with Gasteiger partial charge in [0.15, 0.2) is 5.82 Å². The number of benzene rings is 1. The predicted molar refractivity (Wildman–Crippen MR) is 136 cm³/mol. The summed E-state index contributed by atoms with van der Waals surface area (Å²) in [6.07, 6.45) is 4.06. The second kappa shape index (κ2) is 10.4. The number of aliphatic hydroxyl groups is 3. The van der Waals surface area contributed by atoms with Gasteiger partial charge in [-0.1, -0.05) is 24.6 Å². The van der Waals surface area contributed by atoms with Crippen molar-refractivity contribution in [3.63, 3.8) is 0 Å². The van der Waals surface area contributed by atoms with Crippen molar-refractivity contribution in [1.82, 2.24) is 19.9 Å². The van der Waals surface area contributed by atoms with Crippen LogP contribution in [0.4, 0.5) is 10.1 Å². The third-order valence-corrected chi connectivity index (χ3v) is 6.11. The molecule has 4 N–H and O–H groups in total. The molecule has 4 aromatic rings. The minimum atomic E-state index is -1.21. The predicted octanol–water partition coefficient (Wildman–Crippen LogP) is 4.70. The summed E-state index contributed by atoms with van der Waals surface area (Å²) in [5.41, 5.74) is 1.90. The molecule has 4 rings (SSSR count). The van der Waals surface area contributed by atoms with Gasteiger partial charge in [-0.3, -0.25) is 4.98 Å². The molecule has 2 atom stereocenters. The van der Waals surface area contributed by atoms with E-state index in [1.165, 1.54) is 18.3 Å². The Labute approximate surface area is 212 Å². The summed E-state index contributed by atoms with van der Waals surface area (Å²) in [4.78, 5) is 17.2. The number of aliphatic hydroxyl groups excluding tert-OH is 2. The van der Waals surface area contributed by atoms with Crippen molar-refractivity contribution >= 4 is 28.2 Å². The molecule has 36 heavy (non-hydrogen) atoms. The highest BCUT2D eigenvalue weighted by atomic mass is 35.5. The van der Waals surface area contributed by atoms with Crippen molar-refractivity contribution in [2.75, 3.05) is 11.9 Å². The van der Waals surface area contributed by atoms with Gasteiger partial charge in [-0.05, 0) is 50.1 Å². The molecule has 1 aromatic carbocycles. The standard InChI is InChI=1S/C26H27ClFN5O3/c1-4-19(24-18(28)6-8-21(33-24)22(35)13-34)32-23-16-9-14(5-7-20(16)29-12-17(23)27)15-10-30-25(31-11-15)26(2,3)36/h5-12,19,22,34-36H,4,13H2,1-3H3,(H,29,32). The average molecular weight is 512 g/mol. The van der Waals surface area contributed by atoms with Crippen LogP contribution in [0.15, 0.2) is 48.9 Å². The fourth-order valence-electron chi connectivity index (χ4n) is 3.82. The van der Waals surface area contributed by atoms with Gasteiger partial charge in [0.1, 0.15) is 17.5 Å². The zero-order valence-electron chi connectivity index (χ0n) is 20.1. The topological polar surface area (TPSA) is 124 Å². The zero-order chi connectivity index (χ0) is 26.0. The molecule has 0 spiro atoms. The minimum Gasteiger partial charge on any atom is -0.393 e. The highest BCUT2D eigenvalue weighted by Gasteiger charge is 2.22. The first-order valence-corrected chi connectivity index (χ1v) is 11.9. The zero-order valence-corrected chi connectivity index (χ0v) is 20.8. The molecule has 188 valence electrons. The van der Waals surface area contributed by atoms with Gasteiger partial charge < -0.3 is 20.6 Å². The van der Waals surface area contributed by atoms with Crippen molar-refractivity contribution in [2.45, 2.75) is 44.9 Å². The molecule has 0 aliphatic carbocycles. The molecule has 10 heteroatoms. The Morgan fingerprint density at radius 2 is 1.78 bits per heavy atom. The van der Waals surface area contributed by atoms with Crippen LogP contribution >= 0.6 is 11.6 Å². The monoisotopic (exact) mass is 511 g/mol. The van der Waals surface area contributed by atoms with Crippen molar-refractivity contribution in [3.8, 4) is 11.1 Å². The summed E-state index contributed by atoms with van der Waals surface area (Å²) in [5, 5.41) is 33.7. The van der Waals surface area contributed by atoms with Gasteiger partial charge in [-0.15, -0.1) is 0 Å². The lowest BCUT2D eigenvalue weighted by Crippen LogP contribution is -2.19. The number of nitrogens with one attached hydrogen (secondary N) is 1. The summed E-state index contributed by atoms with van der Waals surface area (Å²) in [7, 11) is 0. The lowest BCUT2D eigenvalue weighted by Gasteiger charge is -2.22. The maximum absolute atomic E-state index is 14.8.